The number of nitriles is 1. The number of aromatic hydroxyl groups is 1. The van der Waals surface area contributed by atoms with Crippen LogP contribution in [0.5, 0.6) is 11.5 Å². The van der Waals surface area contributed by atoms with Gasteiger partial charge in [-0.2, -0.15) is 5.26 Å². The van der Waals surface area contributed by atoms with Crippen LogP contribution in [0, 0.1) is 11.3 Å². The number of nitrogens with one attached hydrogen (secondary N) is 1. The van der Waals surface area contributed by atoms with Crippen LogP contribution in [0.15, 0.2) is 23.0 Å². The van der Waals surface area contributed by atoms with Crippen LogP contribution in [0.4, 0.5) is 5.95 Å². The number of aromatic nitrogens is 2. The molecule has 3 rings (SSSR count). The van der Waals surface area contributed by atoms with Crippen molar-refractivity contribution in [1.82, 2.24) is 9.97 Å². The summed E-state index contributed by atoms with van der Waals surface area (Å²) in [6, 6.07) is 6.58. The lowest BCUT2D eigenvalue weighted by Gasteiger charge is -2.21. The summed E-state index contributed by atoms with van der Waals surface area (Å²) in [6.45, 7) is 1.65. The van der Waals surface area contributed by atoms with Gasteiger partial charge in [0.25, 0.3) is 5.56 Å². The van der Waals surface area contributed by atoms with Gasteiger partial charge in [-0.3, -0.25) is 9.78 Å². The van der Waals surface area contributed by atoms with Gasteiger partial charge in [-0.1, -0.05) is 12.8 Å². The third-order valence-corrected chi connectivity index (χ3v) is 4.38. The molecule has 130 valence electrons. The number of ether oxygens (including phenoxy) is 1. The number of H-pyrrole nitrogens is 1. The summed E-state index contributed by atoms with van der Waals surface area (Å²) in [5, 5.41) is 19.1. The van der Waals surface area contributed by atoms with Crippen molar-refractivity contribution >= 4 is 5.95 Å². The Morgan fingerprint density at radius 3 is 2.64 bits per heavy atom. The van der Waals surface area contributed by atoms with Gasteiger partial charge in [0.15, 0.2) is 11.5 Å². The molecule has 0 saturated carbocycles. The van der Waals surface area contributed by atoms with Crippen LogP contribution in [-0.2, 0) is 0 Å². The Morgan fingerprint density at radius 1 is 1.28 bits per heavy atom. The van der Waals surface area contributed by atoms with Crippen molar-refractivity contribution < 1.29 is 9.84 Å². The first-order chi connectivity index (χ1) is 12.1. The Bertz CT molecular complexity index is 862. The second kappa shape index (κ2) is 7.26. The summed E-state index contributed by atoms with van der Waals surface area (Å²) in [5.41, 5.74) is 0.335. The fourth-order valence-electron chi connectivity index (χ4n) is 3.03. The predicted octanol–water partition coefficient (Wildman–Crippen LogP) is 2.40. The van der Waals surface area contributed by atoms with Crippen molar-refractivity contribution in [3.05, 3.63) is 34.1 Å². The smallest absolute Gasteiger partial charge is 0.270 e. The van der Waals surface area contributed by atoms with E-state index in [-0.39, 0.29) is 17.1 Å². The number of phenols is 1. The van der Waals surface area contributed by atoms with E-state index in [1.807, 2.05) is 6.07 Å². The lowest BCUT2D eigenvalue weighted by molar-refractivity contribution is 0.373. The van der Waals surface area contributed by atoms with Crippen LogP contribution < -0.4 is 15.2 Å². The maximum Gasteiger partial charge on any atom is 0.270 e. The molecule has 1 saturated heterocycles. The average Bonchev–Trinajstić information content (AvgIpc) is 2.91. The molecule has 0 amide bonds. The van der Waals surface area contributed by atoms with Crippen LogP contribution in [0.1, 0.15) is 31.2 Å². The summed E-state index contributed by atoms with van der Waals surface area (Å²) in [6.07, 6.45) is 4.43. The first kappa shape index (κ1) is 16.8. The maximum atomic E-state index is 12.4. The number of hydrogen-bond donors (Lipinski definition) is 2. The zero-order valence-electron chi connectivity index (χ0n) is 14.1. The lowest BCUT2D eigenvalue weighted by atomic mass is 10.1. The molecule has 0 radical (unpaired) electrons. The molecule has 0 spiro atoms. The van der Waals surface area contributed by atoms with Crippen molar-refractivity contribution in [1.29, 1.82) is 5.26 Å². The Kier molecular flexibility index (Phi) is 4.89. The van der Waals surface area contributed by atoms with E-state index in [9.17, 15) is 15.2 Å². The van der Waals surface area contributed by atoms with Crippen LogP contribution in [0.25, 0.3) is 11.3 Å². The Balaban J connectivity index is 2.11. The minimum absolute atomic E-state index is 0.0117. The monoisotopic (exact) mass is 340 g/mol. The summed E-state index contributed by atoms with van der Waals surface area (Å²) in [5.74, 6) is 0.732. The van der Waals surface area contributed by atoms with Crippen molar-refractivity contribution in [2.24, 2.45) is 0 Å². The molecule has 0 unspecified atom stereocenters. The molecule has 25 heavy (non-hydrogen) atoms. The summed E-state index contributed by atoms with van der Waals surface area (Å²) in [4.78, 5) is 21.7. The molecule has 1 fully saturated rings. The largest absolute Gasteiger partial charge is 0.504 e. The SMILES string of the molecule is COc1cc(-c2nc(N3CCCCCC3)[nH]c(=O)c2C#N)ccc1O. The number of nitrogens with zero attached hydrogens (tertiary/aromatic N) is 3. The highest BCUT2D eigenvalue weighted by Gasteiger charge is 2.19. The molecule has 0 atom stereocenters. The van der Waals surface area contributed by atoms with Gasteiger partial charge in [-0.25, -0.2) is 4.98 Å². The highest BCUT2D eigenvalue weighted by atomic mass is 16.5. The molecule has 0 bridgehead atoms. The second-order valence-electron chi connectivity index (χ2n) is 6.01. The van der Waals surface area contributed by atoms with Gasteiger partial charge < -0.3 is 14.7 Å². The highest BCUT2D eigenvalue weighted by molar-refractivity contribution is 5.70. The normalized spacial score (nSPS) is 14.6. The minimum Gasteiger partial charge on any atom is -0.504 e. The summed E-state index contributed by atoms with van der Waals surface area (Å²) < 4.78 is 5.12. The number of anilines is 1. The molecule has 2 N–H and O–H groups in total. The van der Waals surface area contributed by atoms with Crippen LogP contribution in [0.3, 0.4) is 0 Å². The Labute approximate surface area is 145 Å². The molecule has 1 aliphatic rings. The number of benzene rings is 1. The van der Waals surface area contributed by atoms with Crippen molar-refractivity contribution in [2.75, 3.05) is 25.1 Å². The summed E-state index contributed by atoms with van der Waals surface area (Å²) in [7, 11) is 1.44. The molecule has 7 heteroatoms. The fourth-order valence-corrected chi connectivity index (χ4v) is 3.03. The number of aromatic amines is 1. The third-order valence-electron chi connectivity index (χ3n) is 4.38. The molecule has 2 heterocycles. The quantitative estimate of drug-likeness (QED) is 0.889. The van der Waals surface area contributed by atoms with Crippen LogP contribution in [-0.4, -0.2) is 35.3 Å². The maximum absolute atomic E-state index is 12.4. The Hall–Kier alpha value is -3.01. The van der Waals surface area contributed by atoms with Crippen molar-refractivity contribution in [2.45, 2.75) is 25.7 Å². The van der Waals surface area contributed by atoms with Gasteiger partial charge in [0, 0.05) is 18.7 Å². The molecular formula is C18H20N4O3. The summed E-state index contributed by atoms with van der Waals surface area (Å²) >= 11 is 0. The molecule has 1 aromatic carbocycles. The fraction of sp³-hybridized carbons (Fsp3) is 0.389. The van der Waals surface area contributed by atoms with Crippen molar-refractivity contribution in [3.63, 3.8) is 0 Å². The van der Waals surface area contributed by atoms with E-state index in [4.69, 9.17) is 4.74 Å². The van der Waals surface area contributed by atoms with E-state index in [1.165, 1.54) is 26.0 Å². The number of methoxy groups -OCH3 is 1. The Morgan fingerprint density at radius 2 is 2.00 bits per heavy atom. The van der Waals surface area contributed by atoms with E-state index >= 15 is 0 Å². The molecule has 1 aliphatic heterocycles. The zero-order valence-corrected chi connectivity index (χ0v) is 14.1. The first-order valence-electron chi connectivity index (χ1n) is 8.31. The molecular weight excluding hydrogens is 320 g/mol. The standard InChI is InChI=1S/C18H20N4O3/c1-25-15-10-12(6-7-14(15)23)16-13(11-19)17(24)21-18(20-16)22-8-4-2-3-5-9-22/h6-7,10,23H,2-5,8-9H2,1H3,(H,20,21,24). The van der Waals surface area contributed by atoms with Crippen LogP contribution >= 0.6 is 0 Å². The van der Waals surface area contributed by atoms with Crippen LogP contribution in [0.2, 0.25) is 0 Å². The average molecular weight is 340 g/mol. The van der Waals surface area contributed by atoms with E-state index in [1.54, 1.807) is 12.1 Å². The second-order valence-corrected chi connectivity index (χ2v) is 6.01. The molecule has 0 aliphatic carbocycles. The molecule has 2 aromatic rings. The number of rotatable bonds is 3. The number of phenolic OH excluding ortho intramolecular Hbond substituents is 1. The molecule has 7 nitrogen and oxygen atoms in total. The predicted molar refractivity (Wildman–Crippen MR) is 93.9 cm³/mol. The minimum atomic E-state index is -0.459. The van der Waals surface area contributed by atoms with Gasteiger partial charge in [0.05, 0.1) is 12.8 Å². The molecule has 1 aromatic heterocycles. The van der Waals surface area contributed by atoms with Gasteiger partial charge in [-0.15, -0.1) is 0 Å². The number of hydrogen-bond acceptors (Lipinski definition) is 6. The van der Waals surface area contributed by atoms with E-state index in [0.29, 0.717) is 17.2 Å². The van der Waals surface area contributed by atoms with Gasteiger partial charge in [0.1, 0.15) is 11.6 Å². The topological polar surface area (TPSA) is 102 Å². The van der Waals surface area contributed by atoms with E-state index in [0.717, 1.165) is 25.9 Å². The third kappa shape index (κ3) is 3.43. The highest BCUT2D eigenvalue weighted by Crippen LogP contribution is 2.32. The van der Waals surface area contributed by atoms with Gasteiger partial charge >= 0.3 is 0 Å². The van der Waals surface area contributed by atoms with E-state index < -0.39 is 5.56 Å². The zero-order chi connectivity index (χ0) is 17.8. The lowest BCUT2D eigenvalue weighted by Crippen LogP contribution is -2.29. The van der Waals surface area contributed by atoms with E-state index in [2.05, 4.69) is 14.9 Å². The first-order valence-corrected chi connectivity index (χ1v) is 8.31. The van der Waals surface area contributed by atoms with Crippen molar-refractivity contribution in [3.8, 4) is 28.8 Å². The van der Waals surface area contributed by atoms with Gasteiger partial charge in [-0.05, 0) is 31.0 Å². The van der Waals surface area contributed by atoms with Gasteiger partial charge in [0.2, 0.25) is 5.95 Å².